The highest BCUT2D eigenvalue weighted by Gasteiger charge is 2.60. The third-order valence-electron chi connectivity index (χ3n) is 5.47. The monoisotopic (exact) mass is 412 g/mol. The van der Waals surface area contributed by atoms with E-state index in [9.17, 15) is 18.8 Å². The number of esters is 1. The fraction of sp³-hybridized carbons (Fsp3) is 0.318. The molecule has 0 aromatic heterocycles. The molecule has 156 valence electrons. The van der Waals surface area contributed by atoms with Gasteiger partial charge in [0, 0.05) is 26.3 Å². The van der Waals surface area contributed by atoms with Crippen LogP contribution in [0.15, 0.2) is 48.5 Å². The van der Waals surface area contributed by atoms with Gasteiger partial charge in [-0.1, -0.05) is 12.1 Å². The molecule has 0 saturated carbocycles. The van der Waals surface area contributed by atoms with Crippen LogP contribution in [0, 0.1) is 5.82 Å². The fourth-order valence-corrected chi connectivity index (χ4v) is 3.95. The van der Waals surface area contributed by atoms with Crippen LogP contribution in [0.1, 0.15) is 29.6 Å². The number of carbonyl (C=O) groups excluding carboxylic acids is 3. The molecule has 2 heterocycles. The van der Waals surface area contributed by atoms with Gasteiger partial charge in [0.15, 0.2) is 0 Å². The van der Waals surface area contributed by atoms with Crippen molar-refractivity contribution in [2.45, 2.75) is 24.9 Å². The van der Waals surface area contributed by atoms with Gasteiger partial charge < -0.3 is 14.4 Å². The predicted octanol–water partition coefficient (Wildman–Crippen LogP) is 2.75. The highest BCUT2D eigenvalue weighted by molar-refractivity contribution is 6.15. The van der Waals surface area contributed by atoms with Crippen molar-refractivity contribution in [3.05, 3.63) is 59.9 Å². The molecule has 0 spiro atoms. The molecule has 7 nitrogen and oxygen atoms in total. The van der Waals surface area contributed by atoms with Gasteiger partial charge in [-0.2, -0.15) is 0 Å². The van der Waals surface area contributed by atoms with Gasteiger partial charge >= 0.3 is 5.97 Å². The number of rotatable bonds is 6. The summed E-state index contributed by atoms with van der Waals surface area (Å²) in [5.74, 6) is -1.02. The van der Waals surface area contributed by atoms with E-state index in [1.54, 1.807) is 24.3 Å². The molecule has 2 amide bonds. The summed E-state index contributed by atoms with van der Waals surface area (Å²) in [4.78, 5) is 41.3. The standard InChI is InChI=1S/C22H21FN2O5/c1-24-20(27)17-5-2-3-6-18(17)25-19(26)11-12-22(24,25)21(28)30-14-4-13-29-16-9-7-15(23)8-10-16/h2-3,5-10H,4,11-14H2,1H3/t22-/m0/s1. The average Bonchev–Trinajstić information content (AvgIpc) is 3.11. The van der Waals surface area contributed by atoms with Gasteiger partial charge in [-0.3, -0.25) is 14.5 Å². The molecule has 1 atom stereocenters. The number of amides is 2. The van der Waals surface area contributed by atoms with Crippen LogP contribution in [0.3, 0.4) is 0 Å². The number of nitrogens with zero attached hydrogens (tertiary/aromatic N) is 2. The Kier molecular flexibility index (Phi) is 5.15. The molecule has 2 aliphatic rings. The molecule has 0 aliphatic carbocycles. The maximum absolute atomic E-state index is 13.1. The van der Waals surface area contributed by atoms with E-state index in [1.807, 2.05) is 0 Å². The first-order chi connectivity index (χ1) is 14.4. The van der Waals surface area contributed by atoms with Gasteiger partial charge in [0.1, 0.15) is 11.6 Å². The minimum atomic E-state index is -1.47. The smallest absolute Gasteiger partial charge is 0.353 e. The van der Waals surface area contributed by atoms with E-state index in [0.717, 1.165) is 0 Å². The van der Waals surface area contributed by atoms with E-state index in [0.29, 0.717) is 23.4 Å². The third kappa shape index (κ3) is 3.18. The molecule has 2 aromatic rings. The zero-order chi connectivity index (χ0) is 21.3. The summed E-state index contributed by atoms with van der Waals surface area (Å²) in [7, 11) is 1.52. The van der Waals surface area contributed by atoms with Crippen molar-refractivity contribution in [3.8, 4) is 5.75 Å². The quantitative estimate of drug-likeness (QED) is 0.539. The first-order valence-corrected chi connectivity index (χ1v) is 9.71. The maximum atomic E-state index is 13.1. The largest absolute Gasteiger partial charge is 0.493 e. The number of anilines is 1. The van der Waals surface area contributed by atoms with Crippen molar-refractivity contribution in [3.63, 3.8) is 0 Å². The van der Waals surface area contributed by atoms with Crippen molar-refractivity contribution < 1.29 is 28.2 Å². The van der Waals surface area contributed by atoms with Gasteiger partial charge in [0.2, 0.25) is 11.6 Å². The van der Waals surface area contributed by atoms with Crippen LogP contribution in [0.2, 0.25) is 0 Å². The van der Waals surface area contributed by atoms with E-state index >= 15 is 0 Å². The molecule has 0 radical (unpaired) electrons. The summed E-state index contributed by atoms with van der Waals surface area (Å²) in [6.07, 6.45) is 0.726. The van der Waals surface area contributed by atoms with Crippen LogP contribution in [-0.2, 0) is 14.3 Å². The van der Waals surface area contributed by atoms with Gasteiger partial charge in [-0.25, -0.2) is 9.18 Å². The van der Waals surface area contributed by atoms with Gasteiger partial charge in [-0.15, -0.1) is 0 Å². The highest BCUT2D eigenvalue weighted by Crippen LogP contribution is 2.44. The van der Waals surface area contributed by atoms with Crippen LogP contribution >= 0.6 is 0 Å². The lowest BCUT2D eigenvalue weighted by atomic mass is 9.97. The Morgan fingerprint density at radius 1 is 1.10 bits per heavy atom. The van der Waals surface area contributed by atoms with Crippen molar-refractivity contribution in [1.29, 1.82) is 0 Å². The van der Waals surface area contributed by atoms with Crippen molar-refractivity contribution in [2.24, 2.45) is 0 Å². The van der Waals surface area contributed by atoms with Crippen LogP contribution in [0.25, 0.3) is 0 Å². The Bertz CT molecular complexity index is 993. The lowest BCUT2D eigenvalue weighted by Crippen LogP contribution is -2.67. The number of hydrogen-bond donors (Lipinski definition) is 0. The normalized spacial score (nSPS) is 20.1. The Hall–Kier alpha value is -3.42. The van der Waals surface area contributed by atoms with Crippen molar-refractivity contribution in [2.75, 3.05) is 25.2 Å². The van der Waals surface area contributed by atoms with Crippen LogP contribution in [0.4, 0.5) is 10.1 Å². The molecule has 0 unspecified atom stereocenters. The molecular weight excluding hydrogens is 391 g/mol. The molecule has 1 fully saturated rings. The molecule has 0 N–H and O–H groups in total. The molecular formula is C22H21FN2O5. The molecule has 2 aliphatic heterocycles. The number of para-hydroxylation sites is 1. The SMILES string of the molecule is CN1C(=O)c2ccccc2N2C(=O)CC[C@]12C(=O)OCCCOc1ccc(F)cc1. The zero-order valence-corrected chi connectivity index (χ0v) is 16.5. The highest BCUT2D eigenvalue weighted by atomic mass is 19.1. The topological polar surface area (TPSA) is 76.2 Å². The van der Waals surface area contributed by atoms with Gasteiger partial charge in [0.05, 0.1) is 24.5 Å². The van der Waals surface area contributed by atoms with E-state index in [1.165, 1.54) is 41.1 Å². The number of halogens is 1. The number of fused-ring (bicyclic) bond motifs is 3. The average molecular weight is 412 g/mol. The van der Waals surface area contributed by atoms with E-state index in [2.05, 4.69) is 0 Å². The molecule has 4 rings (SSSR count). The Labute approximate surface area is 173 Å². The third-order valence-corrected chi connectivity index (χ3v) is 5.47. The van der Waals surface area contributed by atoms with Crippen LogP contribution < -0.4 is 9.64 Å². The molecule has 30 heavy (non-hydrogen) atoms. The minimum Gasteiger partial charge on any atom is -0.493 e. The van der Waals surface area contributed by atoms with E-state index in [4.69, 9.17) is 9.47 Å². The number of benzene rings is 2. The summed E-state index contributed by atoms with van der Waals surface area (Å²) in [5.41, 5.74) is -0.661. The Balaban J connectivity index is 1.44. The van der Waals surface area contributed by atoms with Gasteiger partial charge in [0.25, 0.3) is 5.91 Å². The van der Waals surface area contributed by atoms with Crippen molar-refractivity contribution >= 4 is 23.5 Å². The molecule has 2 aromatic carbocycles. The first kappa shape index (κ1) is 19.9. The Morgan fingerprint density at radius 3 is 2.60 bits per heavy atom. The summed E-state index contributed by atoms with van der Waals surface area (Å²) in [6, 6.07) is 12.4. The Morgan fingerprint density at radius 2 is 1.83 bits per heavy atom. The second kappa shape index (κ2) is 7.78. The summed E-state index contributed by atoms with van der Waals surface area (Å²) in [6.45, 7) is 0.333. The lowest BCUT2D eigenvalue weighted by molar-refractivity contribution is -0.156. The number of carbonyl (C=O) groups is 3. The molecule has 0 bridgehead atoms. The predicted molar refractivity (Wildman–Crippen MR) is 105 cm³/mol. The molecule has 8 heteroatoms. The molecule has 1 saturated heterocycles. The van der Waals surface area contributed by atoms with Gasteiger partial charge in [-0.05, 0) is 36.4 Å². The number of hydrogen-bond acceptors (Lipinski definition) is 5. The lowest BCUT2D eigenvalue weighted by Gasteiger charge is -2.46. The summed E-state index contributed by atoms with van der Waals surface area (Å²) in [5, 5.41) is 0. The number of ether oxygens (including phenoxy) is 2. The second-order valence-electron chi connectivity index (χ2n) is 7.22. The zero-order valence-electron chi connectivity index (χ0n) is 16.5. The summed E-state index contributed by atoms with van der Waals surface area (Å²) < 4.78 is 23.9. The fourth-order valence-electron chi connectivity index (χ4n) is 3.95. The minimum absolute atomic E-state index is 0.0630. The van der Waals surface area contributed by atoms with E-state index < -0.39 is 11.6 Å². The van der Waals surface area contributed by atoms with E-state index in [-0.39, 0.29) is 43.7 Å². The number of likely N-dealkylation sites (N-methyl/N-ethyl adjacent to an activating group) is 1. The second-order valence-corrected chi connectivity index (χ2v) is 7.22. The first-order valence-electron chi connectivity index (χ1n) is 9.71. The van der Waals surface area contributed by atoms with Crippen LogP contribution in [0.5, 0.6) is 5.75 Å². The van der Waals surface area contributed by atoms with Crippen molar-refractivity contribution in [1.82, 2.24) is 4.90 Å². The summed E-state index contributed by atoms with van der Waals surface area (Å²) >= 11 is 0. The van der Waals surface area contributed by atoms with Crippen LogP contribution in [-0.4, -0.2) is 48.6 Å². The maximum Gasteiger partial charge on any atom is 0.353 e.